The molecule has 1 aromatic carbocycles. The first-order valence-corrected chi connectivity index (χ1v) is 9.98. The summed E-state index contributed by atoms with van der Waals surface area (Å²) >= 11 is 0. The number of hydrogen-bond acceptors (Lipinski definition) is 0. The standard InChI is InChI=1S/C22H31N/c1-2-19(17-10-6-7-11-17)21-16-23(18-12-4-3-5-13-18)22-15-9-8-14-20(21)22/h8-9,14-19H,2-7,10-13H2,1H3. The number of aromatic nitrogens is 1. The predicted octanol–water partition coefficient (Wildman–Crippen LogP) is 6.83. The molecule has 1 heterocycles. The highest BCUT2D eigenvalue weighted by Gasteiger charge is 2.28. The van der Waals surface area contributed by atoms with Crippen molar-refractivity contribution in [2.45, 2.75) is 83.1 Å². The highest BCUT2D eigenvalue weighted by molar-refractivity contribution is 5.84. The van der Waals surface area contributed by atoms with Crippen molar-refractivity contribution in [3.8, 4) is 0 Å². The van der Waals surface area contributed by atoms with Gasteiger partial charge in [-0.3, -0.25) is 0 Å². The zero-order chi connectivity index (χ0) is 15.6. The summed E-state index contributed by atoms with van der Waals surface area (Å²) in [5.41, 5.74) is 3.14. The number of rotatable bonds is 4. The quantitative estimate of drug-likeness (QED) is 0.583. The Morgan fingerprint density at radius 3 is 2.39 bits per heavy atom. The van der Waals surface area contributed by atoms with E-state index in [1.165, 1.54) is 75.1 Å². The van der Waals surface area contributed by atoms with E-state index in [1.807, 2.05) is 0 Å². The third kappa shape index (κ3) is 2.84. The molecule has 2 aromatic rings. The fourth-order valence-electron chi connectivity index (χ4n) is 5.36. The molecule has 4 rings (SSSR count). The molecule has 1 atom stereocenters. The van der Waals surface area contributed by atoms with Crippen LogP contribution in [0.2, 0.25) is 0 Å². The first-order chi connectivity index (χ1) is 11.4. The molecule has 2 fully saturated rings. The fraction of sp³-hybridized carbons (Fsp3) is 0.636. The third-order valence-corrected chi connectivity index (χ3v) is 6.55. The molecule has 124 valence electrons. The lowest BCUT2D eigenvalue weighted by molar-refractivity contribution is 0.358. The van der Waals surface area contributed by atoms with Crippen LogP contribution in [-0.2, 0) is 0 Å². The Balaban J connectivity index is 1.76. The Kier molecular flexibility index (Phi) is 4.46. The Labute approximate surface area is 141 Å². The van der Waals surface area contributed by atoms with Crippen molar-refractivity contribution >= 4 is 10.9 Å². The Morgan fingerprint density at radius 1 is 0.957 bits per heavy atom. The second kappa shape index (κ2) is 6.71. The molecule has 2 aliphatic carbocycles. The van der Waals surface area contributed by atoms with Crippen LogP contribution in [0.15, 0.2) is 30.5 Å². The zero-order valence-corrected chi connectivity index (χ0v) is 14.6. The summed E-state index contributed by atoms with van der Waals surface area (Å²) in [6.45, 7) is 2.40. The van der Waals surface area contributed by atoms with Gasteiger partial charge in [0.05, 0.1) is 0 Å². The summed E-state index contributed by atoms with van der Waals surface area (Å²) in [5, 5.41) is 1.54. The van der Waals surface area contributed by atoms with Crippen LogP contribution in [0.5, 0.6) is 0 Å². The second-order valence-corrected chi connectivity index (χ2v) is 7.86. The SMILES string of the molecule is CCC(c1cn(C2CCCCC2)c2ccccc12)C1CCCC1. The van der Waals surface area contributed by atoms with Gasteiger partial charge in [-0.15, -0.1) is 0 Å². The minimum absolute atomic E-state index is 0.739. The maximum Gasteiger partial charge on any atom is 0.0485 e. The van der Waals surface area contributed by atoms with Crippen molar-refractivity contribution in [2.24, 2.45) is 5.92 Å². The highest BCUT2D eigenvalue weighted by Crippen LogP contribution is 2.43. The van der Waals surface area contributed by atoms with E-state index in [2.05, 4.69) is 42.0 Å². The Hall–Kier alpha value is -1.24. The van der Waals surface area contributed by atoms with Gasteiger partial charge in [0, 0.05) is 23.1 Å². The largest absolute Gasteiger partial charge is 0.344 e. The van der Waals surface area contributed by atoms with E-state index < -0.39 is 0 Å². The lowest BCUT2D eigenvalue weighted by atomic mass is 9.83. The van der Waals surface area contributed by atoms with Crippen molar-refractivity contribution in [1.29, 1.82) is 0 Å². The number of benzene rings is 1. The minimum atomic E-state index is 0.739. The van der Waals surface area contributed by atoms with Gasteiger partial charge in [-0.25, -0.2) is 0 Å². The molecule has 2 saturated carbocycles. The van der Waals surface area contributed by atoms with Gasteiger partial charge in [-0.2, -0.15) is 0 Å². The minimum Gasteiger partial charge on any atom is -0.344 e. The highest BCUT2D eigenvalue weighted by atomic mass is 15.0. The van der Waals surface area contributed by atoms with Crippen LogP contribution in [0.3, 0.4) is 0 Å². The first kappa shape index (κ1) is 15.3. The molecule has 1 heteroatoms. The molecule has 23 heavy (non-hydrogen) atoms. The monoisotopic (exact) mass is 309 g/mol. The van der Waals surface area contributed by atoms with Crippen LogP contribution in [-0.4, -0.2) is 4.57 Å². The van der Waals surface area contributed by atoms with Crippen molar-refractivity contribution in [3.63, 3.8) is 0 Å². The van der Waals surface area contributed by atoms with Crippen LogP contribution >= 0.6 is 0 Å². The molecule has 1 unspecified atom stereocenters. The van der Waals surface area contributed by atoms with Gasteiger partial charge in [0.1, 0.15) is 0 Å². The van der Waals surface area contributed by atoms with E-state index in [0.29, 0.717) is 0 Å². The predicted molar refractivity (Wildman–Crippen MR) is 99.1 cm³/mol. The molecule has 0 bridgehead atoms. The lowest BCUT2D eigenvalue weighted by Gasteiger charge is -2.24. The van der Waals surface area contributed by atoms with E-state index >= 15 is 0 Å². The van der Waals surface area contributed by atoms with Crippen LogP contribution < -0.4 is 0 Å². The first-order valence-electron chi connectivity index (χ1n) is 9.98. The van der Waals surface area contributed by atoms with E-state index in [9.17, 15) is 0 Å². The van der Waals surface area contributed by atoms with Gasteiger partial charge in [0.15, 0.2) is 0 Å². The van der Waals surface area contributed by atoms with Crippen LogP contribution in [0.1, 0.15) is 88.7 Å². The third-order valence-electron chi connectivity index (χ3n) is 6.55. The van der Waals surface area contributed by atoms with E-state index in [1.54, 1.807) is 5.56 Å². The smallest absolute Gasteiger partial charge is 0.0485 e. The molecule has 0 radical (unpaired) electrons. The van der Waals surface area contributed by atoms with Gasteiger partial charge in [0.2, 0.25) is 0 Å². The second-order valence-electron chi connectivity index (χ2n) is 7.86. The molecular formula is C22H31N. The molecule has 0 spiro atoms. The Morgan fingerprint density at radius 2 is 1.65 bits per heavy atom. The molecule has 0 saturated heterocycles. The normalized spacial score (nSPS) is 22.0. The van der Waals surface area contributed by atoms with Crippen LogP contribution in [0, 0.1) is 5.92 Å². The lowest BCUT2D eigenvalue weighted by Crippen LogP contribution is -2.12. The fourth-order valence-corrected chi connectivity index (χ4v) is 5.36. The molecule has 0 amide bonds. The van der Waals surface area contributed by atoms with Crippen molar-refractivity contribution in [3.05, 3.63) is 36.0 Å². The maximum absolute atomic E-state index is 2.65. The summed E-state index contributed by atoms with van der Waals surface area (Å²) < 4.78 is 2.65. The van der Waals surface area contributed by atoms with Gasteiger partial charge < -0.3 is 4.57 Å². The van der Waals surface area contributed by atoms with Crippen LogP contribution in [0.4, 0.5) is 0 Å². The van der Waals surface area contributed by atoms with Gasteiger partial charge >= 0.3 is 0 Å². The number of fused-ring (bicyclic) bond motifs is 1. The number of para-hydroxylation sites is 1. The summed E-state index contributed by atoms with van der Waals surface area (Å²) in [6, 6.07) is 9.93. The number of nitrogens with zero attached hydrogens (tertiary/aromatic N) is 1. The molecule has 2 aliphatic rings. The van der Waals surface area contributed by atoms with Gasteiger partial charge in [-0.1, -0.05) is 57.2 Å². The average Bonchev–Trinajstić information content (AvgIpc) is 3.26. The molecular weight excluding hydrogens is 278 g/mol. The molecule has 1 aromatic heterocycles. The Bertz CT molecular complexity index is 641. The summed E-state index contributed by atoms with van der Waals surface area (Å²) in [7, 11) is 0. The summed E-state index contributed by atoms with van der Waals surface area (Å²) in [4.78, 5) is 0. The zero-order valence-electron chi connectivity index (χ0n) is 14.6. The summed E-state index contributed by atoms with van der Waals surface area (Å²) in [5.74, 6) is 1.69. The van der Waals surface area contributed by atoms with E-state index in [0.717, 1.165) is 17.9 Å². The van der Waals surface area contributed by atoms with Crippen molar-refractivity contribution < 1.29 is 0 Å². The van der Waals surface area contributed by atoms with E-state index in [-0.39, 0.29) is 0 Å². The van der Waals surface area contributed by atoms with Crippen molar-refractivity contribution in [1.82, 2.24) is 4.57 Å². The van der Waals surface area contributed by atoms with E-state index in [4.69, 9.17) is 0 Å². The average molecular weight is 309 g/mol. The topological polar surface area (TPSA) is 4.93 Å². The maximum atomic E-state index is 2.65. The number of hydrogen-bond donors (Lipinski definition) is 0. The van der Waals surface area contributed by atoms with Gasteiger partial charge in [-0.05, 0) is 55.6 Å². The van der Waals surface area contributed by atoms with Crippen LogP contribution in [0.25, 0.3) is 10.9 Å². The van der Waals surface area contributed by atoms with Gasteiger partial charge in [0.25, 0.3) is 0 Å². The molecule has 0 aliphatic heterocycles. The molecule has 1 nitrogen and oxygen atoms in total. The van der Waals surface area contributed by atoms with Crippen molar-refractivity contribution in [2.75, 3.05) is 0 Å². The molecule has 0 N–H and O–H groups in total. The summed E-state index contributed by atoms with van der Waals surface area (Å²) in [6.07, 6.45) is 16.6.